The molecule has 114 valence electrons. The fraction of sp³-hybridized carbons (Fsp3) is 0.529. The zero-order valence-corrected chi connectivity index (χ0v) is 12.7. The molecule has 0 radical (unpaired) electrons. The van der Waals surface area contributed by atoms with Gasteiger partial charge in [-0.25, -0.2) is 0 Å². The zero-order valence-electron chi connectivity index (χ0n) is 12.7. The van der Waals surface area contributed by atoms with Crippen LogP contribution >= 0.6 is 0 Å². The summed E-state index contributed by atoms with van der Waals surface area (Å²) in [5.41, 5.74) is 0.992. The fourth-order valence-corrected chi connectivity index (χ4v) is 2.76. The van der Waals surface area contributed by atoms with Gasteiger partial charge < -0.3 is 10.2 Å². The van der Waals surface area contributed by atoms with E-state index in [0.717, 1.165) is 24.9 Å². The Labute approximate surface area is 126 Å². The highest BCUT2D eigenvalue weighted by molar-refractivity contribution is 5.80. The van der Waals surface area contributed by atoms with Gasteiger partial charge in [0.15, 0.2) is 0 Å². The van der Waals surface area contributed by atoms with Crippen LogP contribution in [0, 0.1) is 0 Å². The first kappa shape index (κ1) is 15.5. The van der Waals surface area contributed by atoms with Crippen LogP contribution in [-0.2, 0) is 16.0 Å². The Morgan fingerprint density at radius 2 is 2.00 bits per heavy atom. The third kappa shape index (κ3) is 4.88. The predicted octanol–water partition coefficient (Wildman–Crippen LogP) is 2.14. The number of nitrogens with zero attached hydrogens (tertiary/aromatic N) is 1. The van der Waals surface area contributed by atoms with Crippen LogP contribution in [0.2, 0.25) is 0 Å². The number of piperidine rings is 1. The predicted molar refractivity (Wildman–Crippen MR) is 82.8 cm³/mol. The number of carbonyl (C=O) groups is 2. The van der Waals surface area contributed by atoms with Gasteiger partial charge in [0.1, 0.15) is 0 Å². The molecule has 1 atom stereocenters. The minimum absolute atomic E-state index is 0.0271. The molecule has 1 unspecified atom stereocenters. The van der Waals surface area contributed by atoms with Gasteiger partial charge in [0.25, 0.3) is 0 Å². The summed E-state index contributed by atoms with van der Waals surface area (Å²) >= 11 is 0. The number of carbonyl (C=O) groups excluding carboxylic acids is 2. The van der Waals surface area contributed by atoms with Gasteiger partial charge >= 0.3 is 0 Å². The van der Waals surface area contributed by atoms with Gasteiger partial charge in [-0.1, -0.05) is 30.3 Å². The number of rotatable bonds is 5. The van der Waals surface area contributed by atoms with Crippen molar-refractivity contribution in [2.45, 2.75) is 45.1 Å². The van der Waals surface area contributed by atoms with Crippen LogP contribution in [0.3, 0.4) is 0 Å². The van der Waals surface area contributed by atoms with Gasteiger partial charge in [-0.2, -0.15) is 0 Å². The maximum absolute atomic E-state index is 12.1. The Hall–Kier alpha value is -1.84. The molecule has 1 fully saturated rings. The SMILES string of the molecule is CC1CCCCN1C(=O)CCNC(=O)Cc1ccccc1. The van der Waals surface area contributed by atoms with E-state index >= 15 is 0 Å². The molecule has 1 aromatic rings. The summed E-state index contributed by atoms with van der Waals surface area (Å²) in [4.78, 5) is 25.9. The van der Waals surface area contributed by atoms with E-state index in [1.165, 1.54) is 6.42 Å². The molecule has 1 aliphatic rings. The van der Waals surface area contributed by atoms with Crippen LogP contribution in [0.1, 0.15) is 38.2 Å². The van der Waals surface area contributed by atoms with Gasteiger partial charge in [-0.3, -0.25) is 9.59 Å². The first-order chi connectivity index (χ1) is 10.2. The van der Waals surface area contributed by atoms with E-state index in [0.29, 0.717) is 25.4 Å². The topological polar surface area (TPSA) is 49.4 Å². The molecule has 0 saturated carbocycles. The summed E-state index contributed by atoms with van der Waals surface area (Å²) < 4.78 is 0. The molecule has 0 aliphatic carbocycles. The molecule has 2 amide bonds. The Morgan fingerprint density at radius 1 is 1.24 bits per heavy atom. The number of benzene rings is 1. The summed E-state index contributed by atoms with van der Waals surface area (Å²) in [6.45, 7) is 3.39. The van der Waals surface area contributed by atoms with E-state index < -0.39 is 0 Å². The van der Waals surface area contributed by atoms with E-state index in [2.05, 4.69) is 12.2 Å². The quantitative estimate of drug-likeness (QED) is 0.902. The van der Waals surface area contributed by atoms with Crippen molar-refractivity contribution < 1.29 is 9.59 Å². The van der Waals surface area contributed by atoms with Crippen LogP contribution in [-0.4, -0.2) is 35.8 Å². The molecule has 0 bridgehead atoms. The molecule has 1 aromatic carbocycles. The Kier molecular flexibility index (Phi) is 5.78. The second kappa shape index (κ2) is 7.81. The van der Waals surface area contributed by atoms with Crippen LogP contribution in [0.15, 0.2) is 30.3 Å². The van der Waals surface area contributed by atoms with Crippen LogP contribution in [0.4, 0.5) is 0 Å². The second-order valence-electron chi connectivity index (χ2n) is 5.69. The largest absolute Gasteiger partial charge is 0.355 e. The van der Waals surface area contributed by atoms with Crippen molar-refractivity contribution in [1.29, 1.82) is 0 Å². The highest BCUT2D eigenvalue weighted by Crippen LogP contribution is 2.16. The van der Waals surface area contributed by atoms with Crippen molar-refractivity contribution in [3.8, 4) is 0 Å². The minimum atomic E-state index is -0.0271. The summed E-state index contributed by atoms with van der Waals surface area (Å²) in [6, 6.07) is 9.97. The third-order valence-corrected chi connectivity index (χ3v) is 3.99. The number of likely N-dealkylation sites (tertiary alicyclic amines) is 1. The molecule has 4 heteroatoms. The molecule has 1 saturated heterocycles. The normalized spacial score (nSPS) is 18.3. The molecular weight excluding hydrogens is 264 g/mol. The summed E-state index contributed by atoms with van der Waals surface area (Å²) in [5.74, 6) is 0.128. The minimum Gasteiger partial charge on any atom is -0.355 e. The molecule has 0 aromatic heterocycles. The Bertz CT molecular complexity index is 473. The molecule has 1 heterocycles. The maximum Gasteiger partial charge on any atom is 0.224 e. The van der Waals surface area contributed by atoms with E-state index in [4.69, 9.17) is 0 Å². The van der Waals surface area contributed by atoms with Gasteiger partial charge in [0.05, 0.1) is 6.42 Å². The average Bonchev–Trinajstić information content (AvgIpc) is 2.48. The molecule has 0 spiro atoms. The van der Waals surface area contributed by atoms with Crippen molar-refractivity contribution in [1.82, 2.24) is 10.2 Å². The van der Waals surface area contributed by atoms with E-state index in [1.807, 2.05) is 35.2 Å². The smallest absolute Gasteiger partial charge is 0.224 e. The molecule has 2 rings (SSSR count). The van der Waals surface area contributed by atoms with E-state index in [-0.39, 0.29) is 11.8 Å². The van der Waals surface area contributed by atoms with Crippen molar-refractivity contribution in [2.75, 3.05) is 13.1 Å². The Morgan fingerprint density at radius 3 is 2.71 bits per heavy atom. The van der Waals surface area contributed by atoms with Crippen LogP contribution in [0.25, 0.3) is 0 Å². The zero-order chi connectivity index (χ0) is 15.1. The molecule has 4 nitrogen and oxygen atoms in total. The highest BCUT2D eigenvalue weighted by Gasteiger charge is 2.22. The first-order valence-corrected chi connectivity index (χ1v) is 7.77. The summed E-state index contributed by atoms with van der Waals surface area (Å²) in [5, 5.41) is 2.83. The summed E-state index contributed by atoms with van der Waals surface area (Å²) in [7, 11) is 0. The van der Waals surface area contributed by atoms with Gasteiger partial charge in [0.2, 0.25) is 11.8 Å². The average molecular weight is 288 g/mol. The number of nitrogens with one attached hydrogen (secondary N) is 1. The molecule has 21 heavy (non-hydrogen) atoms. The van der Waals surface area contributed by atoms with Gasteiger partial charge in [0, 0.05) is 25.6 Å². The van der Waals surface area contributed by atoms with E-state index in [1.54, 1.807) is 0 Å². The molecule has 1 N–H and O–H groups in total. The summed E-state index contributed by atoms with van der Waals surface area (Å²) in [6.07, 6.45) is 4.15. The van der Waals surface area contributed by atoms with Crippen molar-refractivity contribution in [3.63, 3.8) is 0 Å². The number of amides is 2. The lowest BCUT2D eigenvalue weighted by Gasteiger charge is -2.33. The van der Waals surface area contributed by atoms with E-state index in [9.17, 15) is 9.59 Å². The maximum atomic E-state index is 12.1. The highest BCUT2D eigenvalue weighted by atomic mass is 16.2. The lowest BCUT2D eigenvalue weighted by atomic mass is 10.0. The molecule has 1 aliphatic heterocycles. The monoisotopic (exact) mass is 288 g/mol. The third-order valence-electron chi connectivity index (χ3n) is 3.99. The number of hydrogen-bond acceptors (Lipinski definition) is 2. The fourth-order valence-electron chi connectivity index (χ4n) is 2.76. The van der Waals surface area contributed by atoms with Crippen molar-refractivity contribution in [3.05, 3.63) is 35.9 Å². The van der Waals surface area contributed by atoms with Gasteiger partial charge in [-0.15, -0.1) is 0 Å². The van der Waals surface area contributed by atoms with Crippen molar-refractivity contribution in [2.24, 2.45) is 0 Å². The van der Waals surface area contributed by atoms with Crippen LogP contribution < -0.4 is 5.32 Å². The van der Waals surface area contributed by atoms with Gasteiger partial charge in [-0.05, 0) is 31.7 Å². The first-order valence-electron chi connectivity index (χ1n) is 7.77. The number of hydrogen-bond donors (Lipinski definition) is 1. The lowest BCUT2D eigenvalue weighted by molar-refractivity contribution is -0.134. The van der Waals surface area contributed by atoms with Crippen LogP contribution in [0.5, 0.6) is 0 Å². The van der Waals surface area contributed by atoms with Crippen molar-refractivity contribution >= 4 is 11.8 Å². The second-order valence-corrected chi connectivity index (χ2v) is 5.69. The lowest BCUT2D eigenvalue weighted by Crippen LogP contribution is -2.43. The Balaban J connectivity index is 1.69. The molecular formula is C17H24N2O2. The standard InChI is InChI=1S/C17H24N2O2/c1-14-7-5-6-12-19(14)17(21)10-11-18-16(20)13-15-8-3-2-4-9-15/h2-4,8-9,14H,5-7,10-13H2,1H3,(H,18,20).